The highest BCUT2D eigenvalue weighted by Crippen LogP contribution is 2.42. The molecule has 5 heterocycles. The van der Waals surface area contributed by atoms with Gasteiger partial charge in [0.15, 0.2) is 0 Å². The largest absolute Gasteiger partial charge is 0.455 e. The van der Waals surface area contributed by atoms with Crippen LogP contribution in [0.2, 0.25) is 0 Å². The summed E-state index contributed by atoms with van der Waals surface area (Å²) in [7, 11) is -0.879. The summed E-state index contributed by atoms with van der Waals surface area (Å²) in [5.74, 6) is -0.374. The van der Waals surface area contributed by atoms with Crippen LogP contribution in [0.5, 0.6) is 0 Å². The molecular formula is C39H36F2N6O5S. The Balaban J connectivity index is 1.39. The molecule has 1 amide bonds. The average Bonchev–Trinajstić information content (AvgIpc) is 3.72. The van der Waals surface area contributed by atoms with Crippen molar-refractivity contribution >= 4 is 60.0 Å². The zero-order valence-corrected chi connectivity index (χ0v) is 30.5. The third kappa shape index (κ3) is 5.86. The normalized spacial score (nSPS) is 17.0. The first kappa shape index (κ1) is 34.6. The van der Waals surface area contributed by atoms with Crippen molar-refractivity contribution in [1.82, 2.24) is 24.6 Å². The van der Waals surface area contributed by atoms with E-state index in [0.29, 0.717) is 75.2 Å². The number of pyridine rings is 1. The van der Waals surface area contributed by atoms with Gasteiger partial charge in [-0.3, -0.25) is 18.4 Å². The molecular weight excluding hydrogens is 703 g/mol. The second-order valence-electron chi connectivity index (χ2n) is 13.5. The van der Waals surface area contributed by atoms with E-state index in [9.17, 15) is 17.6 Å². The standard InChI is InChI=1S/C39H36F2N6O5S/c1-21-19-51-20-22(2)46(21)18-35-43-30-14-13-29(44-37(30)33-16-25-28(41)7-6-8-31(25)47(33)35)26-15-27-34(17-32(26)45(4)53(5,49)50)52-38(36(27)39(48)42-3)23-9-11-24(40)12-10-23/h6-17,21-22H,18-20H2,1-5H3,(H,42,48). The lowest BCUT2D eigenvalue weighted by Gasteiger charge is -2.38. The molecule has 2 unspecified atom stereocenters. The van der Waals surface area contributed by atoms with Gasteiger partial charge in [0.25, 0.3) is 5.91 Å². The topological polar surface area (TPSA) is 122 Å². The second kappa shape index (κ2) is 12.9. The van der Waals surface area contributed by atoms with Crippen LogP contribution < -0.4 is 9.62 Å². The number of fused-ring (bicyclic) bond motifs is 6. The molecule has 1 saturated heterocycles. The van der Waals surface area contributed by atoms with E-state index in [-0.39, 0.29) is 40.5 Å². The number of benzene rings is 3. The molecule has 53 heavy (non-hydrogen) atoms. The molecule has 2 atom stereocenters. The molecule has 0 spiro atoms. The maximum Gasteiger partial charge on any atom is 0.255 e. The Morgan fingerprint density at radius 3 is 2.40 bits per heavy atom. The summed E-state index contributed by atoms with van der Waals surface area (Å²) in [6, 6.07) is 19.3. The Bertz CT molecular complexity index is 2700. The van der Waals surface area contributed by atoms with Gasteiger partial charge in [-0.15, -0.1) is 0 Å². The first-order valence-electron chi connectivity index (χ1n) is 17.1. The maximum atomic E-state index is 15.4. The monoisotopic (exact) mass is 738 g/mol. The van der Waals surface area contributed by atoms with Crippen molar-refractivity contribution < 1.29 is 31.1 Å². The summed E-state index contributed by atoms with van der Waals surface area (Å²) >= 11 is 0. The third-order valence-corrected chi connectivity index (χ3v) is 11.3. The molecule has 3 aromatic carbocycles. The number of hydrogen-bond acceptors (Lipinski definition) is 8. The van der Waals surface area contributed by atoms with E-state index in [2.05, 4.69) is 24.1 Å². The van der Waals surface area contributed by atoms with Crippen LogP contribution in [-0.4, -0.2) is 79.2 Å². The summed E-state index contributed by atoms with van der Waals surface area (Å²) < 4.78 is 70.3. The Morgan fingerprint density at radius 2 is 1.70 bits per heavy atom. The van der Waals surface area contributed by atoms with E-state index in [1.54, 1.807) is 30.3 Å². The number of hydrogen-bond donors (Lipinski definition) is 1. The SMILES string of the molecule is CNC(=O)c1c(-c2ccc(F)cc2)oc2cc(N(C)S(C)(=O)=O)c(-c3ccc4nc(CN5C(C)COCC5C)n5c6cccc(F)c6cc5c4n3)cc12. The second-order valence-corrected chi connectivity index (χ2v) is 15.5. The van der Waals surface area contributed by atoms with Gasteiger partial charge in [-0.2, -0.15) is 0 Å². The molecule has 1 aliphatic rings. The molecule has 8 rings (SSSR count). The van der Waals surface area contributed by atoms with Crippen molar-refractivity contribution in [2.75, 3.05) is 37.9 Å². The fraction of sp³-hybridized carbons (Fsp3) is 0.256. The Labute approximate surface area is 303 Å². The average molecular weight is 739 g/mol. The van der Waals surface area contributed by atoms with Gasteiger partial charge in [0.05, 0.1) is 59.5 Å². The highest BCUT2D eigenvalue weighted by atomic mass is 32.2. The third-order valence-electron chi connectivity index (χ3n) is 10.1. The molecule has 1 N–H and O–H groups in total. The van der Waals surface area contributed by atoms with Crippen molar-refractivity contribution in [2.45, 2.75) is 32.5 Å². The number of furan rings is 1. The number of carbonyl (C=O) groups is 1. The Kier molecular flexibility index (Phi) is 8.43. The first-order valence-corrected chi connectivity index (χ1v) is 18.9. The van der Waals surface area contributed by atoms with Crippen molar-refractivity contribution in [3.05, 3.63) is 95.8 Å². The molecule has 0 saturated carbocycles. The molecule has 0 radical (unpaired) electrons. The van der Waals surface area contributed by atoms with E-state index >= 15 is 4.39 Å². The quantitative estimate of drug-likeness (QED) is 0.191. The zero-order chi connectivity index (χ0) is 37.3. The molecule has 1 fully saturated rings. The molecule has 7 aromatic rings. The number of anilines is 1. The van der Waals surface area contributed by atoms with E-state index in [4.69, 9.17) is 19.1 Å². The molecule has 0 bridgehead atoms. The molecule has 1 aliphatic heterocycles. The van der Waals surface area contributed by atoms with Gasteiger partial charge in [-0.05, 0) is 74.5 Å². The van der Waals surface area contributed by atoms with Crippen molar-refractivity contribution in [3.63, 3.8) is 0 Å². The minimum absolute atomic E-state index is 0.136. The number of aromatic nitrogens is 3. The predicted molar refractivity (Wildman–Crippen MR) is 200 cm³/mol. The first-order chi connectivity index (χ1) is 25.3. The van der Waals surface area contributed by atoms with Gasteiger partial charge >= 0.3 is 0 Å². The van der Waals surface area contributed by atoms with Crippen LogP contribution in [-0.2, 0) is 21.3 Å². The van der Waals surface area contributed by atoms with E-state index in [1.807, 2.05) is 16.5 Å². The zero-order valence-electron chi connectivity index (χ0n) is 29.6. The number of sulfonamides is 1. The molecule has 11 nitrogen and oxygen atoms in total. The van der Waals surface area contributed by atoms with Crippen molar-refractivity contribution in [1.29, 1.82) is 0 Å². The minimum Gasteiger partial charge on any atom is -0.455 e. The van der Waals surface area contributed by atoms with Crippen LogP contribution in [0, 0.1) is 11.6 Å². The van der Waals surface area contributed by atoms with Crippen molar-refractivity contribution in [2.24, 2.45) is 0 Å². The van der Waals surface area contributed by atoms with Crippen LogP contribution >= 0.6 is 0 Å². The lowest BCUT2D eigenvalue weighted by atomic mass is 10.0. The van der Waals surface area contributed by atoms with Gasteiger partial charge in [-0.1, -0.05) is 6.07 Å². The number of halogens is 2. The number of rotatable bonds is 7. The van der Waals surface area contributed by atoms with Crippen LogP contribution in [0.1, 0.15) is 30.0 Å². The van der Waals surface area contributed by atoms with E-state index in [1.165, 1.54) is 44.4 Å². The van der Waals surface area contributed by atoms with Gasteiger partial charge in [-0.25, -0.2) is 27.2 Å². The lowest BCUT2D eigenvalue weighted by Crippen LogP contribution is -2.49. The lowest BCUT2D eigenvalue weighted by molar-refractivity contribution is -0.0421. The number of morpholine rings is 1. The highest BCUT2D eigenvalue weighted by molar-refractivity contribution is 7.92. The van der Waals surface area contributed by atoms with E-state index in [0.717, 1.165) is 10.6 Å². The van der Waals surface area contributed by atoms with Crippen LogP contribution in [0.3, 0.4) is 0 Å². The fourth-order valence-electron chi connectivity index (χ4n) is 7.26. The molecule has 272 valence electrons. The maximum absolute atomic E-state index is 15.4. The van der Waals surface area contributed by atoms with Crippen LogP contribution in [0.25, 0.3) is 61.0 Å². The summed E-state index contributed by atoms with van der Waals surface area (Å²) in [6.07, 6.45) is 1.09. The smallest absolute Gasteiger partial charge is 0.255 e. The van der Waals surface area contributed by atoms with Gasteiger partial charge < -0.3 is 14.5 Å². The number of ether oxygens (including phenoxy) is 1. The number of nitrogens with one attached hydrogen (secondary N) is 1. The molecule has 0 aliphatic carbocycles. The van der Waals surface area contributed by atoms with Crippen LogP contribution in [0.4, 0.5) is 14.5 Å². The van der Waals surface area contributed by atoms with Gasteiger partial charge in [0.1, 0.15) is 34.3 Å². The Hall–Kier alpha value is -5.44. The predicted octanol–water partition coefficient (Wildman–Crippen LogP) is 6.76. The van der Waals surface area contributed by atoms with Gasteiger partial charge in [0.2, 0.25) is 10.0 Å². The molecule has 14 heteroatoms. The molecule has 4 aromatic heterocycles. The van der Waals surface area contributed by atoms with Gasteiger partial charge in [0, 0.05) is 54.1 Å². The summed E-state index contributed by atoms with van der Waals surface area (Å²) in [6.45, 7) is 5.88. The summed E-state index contributed by atoms with van der Waals surface area (Å²) in [5, 5.41) is 3.47. The van der Waals surface area contributed by atoms with Crippen LogP contribution in [0.15, 0.2) is 77.2 Å². The Morgan fingerprint density at radius 1 is 0.962 bits per heavy atom. The number of amides is 1. The van der Waals surface area contributed by atoms with Crippen molar-refractivity contribution in [3.8, 4) is 22.6 Å². The summed E-state index contributed by atoms with van der Waals surface area (Å²) in [5.41, 5.74) is 4.24. The summed E-state index contributed by atoms with van der Waals surface area (Å²) in [4.78, 5) is 25.9. The number of carbonyl (C=O) groups excluding carboxylic acids is 1. The fourth-order valence-corrected chi connectivity index (χ4v) is 7.77. The highest BCUT2D eigenvalue weighted by Gasteiger charge is 2.29. The van der Waals surface area contributed by atoms with E-state index < -0.39 is 21.7 Å². The number of nitrogens with zero attached hydrogens (tertiary/aromatic N) is 5. The minimum atomic E-state index is -3.79.